The van der Waals surface area contributed by atoms with Gasteiger partial charge in [-0.25, -0.2) is 4.98 Å². The average Bonchev–Trinajstić information content (AvgIpc) is 2.90. The number of aliphatic hydroxyl groups is 1. The minimum absolute atomic E-state index is 0.155. The summed E-state index contributed by atoms with van der Waals surface area (Å²) in [5, 5.41) is 10.2. The Morgan fingerprint density at radius 3 is 2.90 bits per heavy atom. The van der Waals surface area contributed by atoms with Crippen molar-refractivity contribution in [2.45, 2.75) is 25.5 Å². The summed E-state index contributed by atoms with van der Waals surface area (Å²) in [6.07, 6.45) is 3.22. The monoisotopic (exact) mass is 292 g/mol. The molecule has 0 bridgehead atoms. The number of hydrogen-bond donors (Lipinski definition) is 1. The van der Waals surface area contributed by atoms with E-state index in [1.54, 1.807) is 6.20 Å². The molecule has 3 rings (SSSR count). The Morgan fingerprint density at radius 1 is 1.35 bits per heavy atom. The molecule has 0 radical (unpaired) electrons. The van der Waals surface area contributed by atoms with Crippen LogP contribution >= 0.6 is 11.6 Å². The number of hydrogen-bond acceptors (Lipinski definition) is 4. The summed E-state index contributed by atoms with van der Waals surface area (Å²) in [7, 11) is 0. The lowest BCUT2D eigenvalue weighted by Gasteiger charge is -2.28. The first kappa shape index (κ1) is 13.6. The second-order valence-corrected chi connectivity index (χ2v) is 5.57. The third kappa shape index (κ3) is 3.20. The molecule has 1 aliphatic rings. The van der Waals surface area contributed by atoms with Crippen LogP contribution < -0.4 is 0 Å². The van der Waals surface area contributed by atoms with Crippen LogP contribution in [0.5, 0.6) is 0 Å². The maximum absolute atomic E-state index is 9.49. The second kappa shape index (κ2) is 5.95. The van der Waals surface area contributed by atoms with Crippen LogP contribution in [0, 0.1) is 0 Å². The predicted molar refractivity (Wildman–Crippen MR) is 77.5 cm³/mol. The lowest BCUT2D eigenvalue weighted by Crippen LogP contribution is -2.35. The van der Waals surface area contributed by atoms with E-state index in [1.165, 1.54) is 0 Å². The SMILES string of the molecule is OC1CCN(Cc2ncc(-c3cccc(Cl)c3)o2)CC1. The molecule has 0 saturated carbocycles. The Morgan fingerprint density at radius 2 is 2.15 bits per heavy atom. The third-order valence-corrected chi connectivity index (χ3v) is 3.81. The van der Waals surface area contributed by atoms with Gasteiger partial charge < -0.3 is 9.52 Å². The third-order valence-electron chi connectivity index (χ3n) is 3.58. The van der Waals surface area contributed by atoms with Crippen molar-refractivity contribution in [3.63, 3.8) is 0 Å². The zero-order valence-electron chi connectivity index (χ0n) is 11.1. The molecule has 1 N–H and O–H groups in total. The number of halogens is 1. The molecule has 0 atom stereocenters. The normalized spacial score (nSPS) is 17.5. The Bertz CT molecular complexity index is 577. The summed E-state index contributed by atoms with van der Waals surface area (Å²) >= 11 is 5.98. The number of benzene rings is 1. The summed E-state index contributed by atoms with van der Waals surface area (Å²) in [4.78, 5) is 6.57. The smallest absolute Gasteiger partial charge is 0.209 e. The van der Waals surface area contributed by atoms with E-state index in [4.69, 9.17) is 16.0 Å². The van der Waals surface area contributed by atoms with E-state index in [0.717, 1.165) is 37.3 Å². The van der Waals surface area contributed by atoms with Crippen molar-refractivity contribution in [3.8, 4) is 11.3 Å². The first-order valence-electron chi connectivity index (χ1n) is 6.82. The molecule has 0 spiro atoms. The van der Waals surface area contributed by atoms with E-state index >= 15 is 0 Å². The van der Waals surface area contributed by atoms with E-state index < -0.39 is 0 Å². The number of oxazole rings is 1. The van der Waals surface area contributed by atoms with Crippen LogP contribution in [-0.4, -0.2) is 34.2 Å². The summed E-state index contributed by atoms with van der Waals surface area (Å²) < 4.78 is 5.78. The molecular weight excluding hydrogens is 276 g/mol. The summed E-state index contributed by atoms with van der Waals surface area (Å²) in [6.45, 7) is 2.46. The van der Waals surface area contributed by atoms with Crippen molar-refractivity contribution in [2.24, 2.45) is 0 Å². The largest absolute Gasteiger partial charge is 0.439 e. The van der Waals surface area contributed by atoms with Crippen LogP contribution in [0.3, 0.4) is 0 Å². The van der Waals surface area contributed by atoms with Crippen molar-refractivity contribution >= 4 is 11.6 Å². The predicted octanol–water partition coefficient (Wildman–Crippen LogP) is 2.95. The summed E-state index contributed by atoms with van der Waals surface area (Å²) in [6, 6.07) is 7.55. The number of aliphatic hydroxyl groups excluding tert-OH is 1. The first-order valence-corrected chi connectivity index (χ1v) is 7.19. The zero-order chi connectivity index (χ0) is 13.9. The van der Waals surface area contributed by atoms with Crippen LogP contribution in [-0.2, 0) is 6.54 Å². The summed E-state index contributed by atoms with van der Waals surface area (Å²) in [5.41, 5.74) is 0.935. The molecule has 2 aromatic rings. The van der Waals surface area contributed by atoms with Crippen molar-refractivity contribution in [1.29, 1.82) is 0 Å². The Hall–Kier alpha value is -1.36. The van der Waals surface area contributed by atoms with Gasteiger partial charge in [0.1, 0.15) is 0 Å². The fraction of sp³-hybridized carbons (Fsp3) is 0.400. The highest BCUT2D eigenvalue weighted by atomic mass is 35.5. The van der Waals surface area contributed by atoms with Crippen molar-refractivity contribution in [3.05, 3.63) is 41.4 Å². The van der Waals surface area contributed by atoms with Crippen LogP contribution in [0.15, 0.2) is 34.9 Å². The Kier molecular flexibility index (Phi) is 4.05. The second-order valence-electron chi connectivity index (χ2n) is 5.14. The van der Waals surface area contributed by atoms with Crippen LogP contribution in [0.4, 0.5) is 0 Å². The number of likely N-dealkylation sites (tertiary alicyclic amines) is 1. The minimum atomic E-state index is -0.155. The van der Waals surface area contributed by atoms with Gasteiger partial charge >= 0.3 is 0 Å². The van der Waals surface area contributed by atoms with Gasteiger partial charge in [0.2, 0.25) is 5.89 Å². The summed E-state index contributed by atoms with van der Waals surface area (Å²) in [5.74, 6) is 1.44. The molecular formula is C15H17ClN2O2. The molecule has 1 fully saturated rings. The molecule has 20 heavy (non-hydrogen) atoms. The van der Waals surface area contributed by atoms with Gasteiger partial charge in [0, 0.05) is 23.7 Å². The average molecular weight is 293 g/mol. The molecule has 5 heteroatoms. The number of aromatic nitrogens is 1. The van der Waals surface area contributed by atoms with Gasteiger partial charge in [-0.2, -0.15) is 0 Å². The van der Waals surface area contributed by atoms with Crippen LogP contribution in [0.2, 0.25) is 5.02 Å². The maximum Gasteiger partial charge on any atom is 0.209 e. The van der Waals surface area contributed by atoms with Gasteiger partial charge in [-0.3, -0.25) is 4.90 Å². The maximum atomic E-state index is 9.49. The van der Waals surface area contributed by atoms with Gasteiger partial charge in [-0.05, 0) is 25.0 Å². The van der Waals surface area contributed by atoms with Gasteiger partial charge in [-0.15, -0.1) is 0 Å². The standard InChI is InChI=1S/C15H17ClN2O2/c16-12-3-1-2-11(8-12)14-9-17-15(20-14)10-18-6-4-13(19)5-7-18/h1-3,8-9,13,19H,4-7,10H2. The molecule has 1 aromatic heterocycles. The molecule has 106 valence electrons. The van der Waals surface area contributed by atoms with Crippen molar-refractivity contribution < 1.29 is 9.52 Å². The topological polar surface area (TPSA) is 49.5 Å². The van der Waals surface area contributed by atoms with Crippen LogP contribution in [0.1, 0.15) is 18.7 Å². The fourth-order valence-electron chi connectivity index (χ4n) is 2.43. The van der Waals surface area contributed by atoms with Crippen molar-refractivity contribution in [2.75, 3.05) is 13.1 Å². The highest BCUT2D eigenvalue weighted by Gasteiger charge is 2.18. The lowest BCUT2D eigenvalue weighted by molar-refractivity contribution is 0.0752. The van der Waals surface area contributed by atoms with Crippen molar-refractivity contribution in [1.82, 2.24) is 9.88 Å². The van der Waals surface area contributed by atoms with E-state index in [2.05, 4.69) is 9.88 Å². The molecule has 2 heterocycles. The highest BCUT2D eigenvalue weighted by molar-refractivity contribution is 6.30. The van der Waals surface area contributed by atoms with E-state index in [1.807, 2.05) is 24.3 Å². The molecule has 1 saturated heterocycles. The molecule has 4 nitrogen and oxygen atoms in total. The van der Waals surface area contributed by atoms with E-state index in [-0.39, 0.29) is 6.10 Å². The van der Waals surface area contributed by atoms with Gasteiger partial charge in [-0.1, -0.05) is 23.7 Å². The first-order chi connectivity index (χ1) is 9.70. The minimum Gasteiger partial charge on any atom is -0.439 e. The van der Waals surface area contributed by atoms with Gasteiger partial charge in [0.15, 0.2) is 5.76 Å². The molecule has 0 amide bonds. The highest BCUT2D eigenvalue weighted by Crippen LogP contribution is 2.24. The number of rotatable bonds is 3. The molecule has 1 aromatic carbocycles. The molecule has 1 aliphatic heterocycles. The van der Waals surface area contributed by atoms with Crippen LogP contribution in [0.25, 0.3) is 11.3 Å². The molecule has 0 unspecified atom stereocenters. The number of nitrogens with zero attached hydrogens (tertiary/aromatic N) is 2. The zero-order valence-corrected chi connectivity index (χ0v) is 11.9. The Labute approximate surface area is 123 Å². The van der Waals surface area contributed by atoms with Gasteiger partial charge in [0.05, 0.1) is 18.8 Å². The fourth-order valence-corrected chi connectivity index (χ4v) is 2.62. The van der Waals surface area contributed by atoms with Gasteiger partial charge in [0.25, 0.3) is 0 Å². The number of piperidine rings is 1. The lowest BCUT2D eigenvalue weighted by atomic mass is 10.1. The van der Waals surface area contributed by atoms with E-state index in [9.17, 15) is 5.11 Å². The Balaban J connectivity index is 1.68. The quantitative estimate of drug-likeness (QED) is 0.945. The van der Waals surface area contributed by atoms with E-state index in [0.29, 0.717) is 17.5 Å². The molecule has 0 aliphatic carbocycles.